The summed E-state index contributed by atoms with van der Waals surface area (Å²) in [5.41, 5.74) is 3.01. The number of H-pyrrole nitrogens is 1. The predicted molar refractivity (Wildman–Crippen MR) is 65.2 cm³/mol. The molecular formula is C13H17N3. The lowest BCUT2D eigenvalue weighted by Crippen LogP contribution is -1.89. The largest absolute Gasteiger partial charge is 0.341 e. The van der Waals surface area contributed by atoms with Crippen LogP contribution in [0.2, 0.25) is 0 Å². The minimum atomic E-state index is 0.968. The number of unbranched alkanes of at least 4 members (excludes halogenated alkanes) is 1. The summed E-state index contributed by atoms with van der Waals surface area (Å²) in [6.07, 6.45) is 5.25. The van der Waals surface area contributed by atoms with Gasteiger partial charge in [0, 0.05) is 12.1 Å². The van der Waals surface area contributed by atoms with Gasteiger partial charge in [-0.25, -0.2) is 4.98 Å². The Morgan fingerprint density at radius 1 is 1.31 bits per heavy atom. The molecule has 0 aliphatic heterocycles. The number of aryl methyl sites for hydroxylation is 2. The second-order valence-electron chi connectivity index (χ2n) is 4.01. The Labute approximate surface area is 96.0 Å². The molecule has 0 unspecified atom stereocenters. The summed E-state index contributed by atoms with van der Waals surface area (Å²) in [5.74, 6) is 1.06. The van der Waals surface area contributed by atoms with Crippen molar-refractivity contribution in [3.05, 3.63) is 35.9 Å². The Balaban J connectivity index is 2.18. The third kappa shape index (κ3) is 2.48. The van der Waals surface area contributed by atoms with Crippen molar-refractivity contribution >= 4 is 0 Å². The quantitative estimate of drug-likeness (QED) is 0.851. The highest BCUT2D eigenvalue weighted by molar-refractivity contribution is 5.53. The van der Waals surface area contributed by atoms with Crippen LogP contribution in [0.25, 0.3) is 11.4 Å². The first-order valence-corrected chi connectivity index (χ1v) is 5.77. The minimum Gasteiger partial charge on any atom is -0.341 e. The first kappa shape index (κ1) is 10.9. The molecule has 2 rings (SSSR count). The molecule has 3 heteroatoms. The third-order valence-corrected chi connectivity index (χ3v) is 2.56. The molecule has 84 valence electrons. The summed E-state index contributed by atoms with van der Waals surface area (Å²) in [5, 5.41) is 0. The lowest BCUT2D eigenvalue weighted by atomic mass is 10.2. The van der Waals surface area contributed by atoms with Crippen LogP contribution in [-0.4, -0.2) is 15.0 Å². The molecule has 2 aromatic heterocycles. The van der Waals surface area contributed by atoms with Crippen LogP contribution in [0.4, 0.5) is 0 Å². The summed E-state index contributed by atoms with van der Waals surface area (Å²) in [6, 6.07) is 6.02. The van der Waals surface area contributed by atoms with Gasteiger partial charge in [0.05, 0.1) is 17.6 Å². The maximum Gasteiger partial charge on any atom is 0.106 e. The zero-order valence-electron chi connectivity index (χ0n) is 9.83. The second kappa shape index (κ2) is 4.92. The van der Waals surface area contributed by atoms with Crippen molar-refractivity contribution < 1.29 is 0 Å². The number of imidazole rings is 1. The van der Waals surface area contributed by atoms with Gasteiger partial charge in [0.1, 0.15) is 5.82 Å². The molecule has 0 radical (unpaired) electrons. The molecule has 2 heterocycles. The van der Waals surface area contributed by atoms with Crippen LogP contribution in [0.15, 0.2) is 24.4 Å². The number of hydrogen-bond acceptors (Lipinski definition) is 2. The fourth-order valence-electron chi connectivity index (χ4n) is 1.66. The van der Waals surface area contributed by atoms with Gasteiger partial charge in [0.25, 0.3) is 0 Å². The molecule has 0 saturated carbocycles. The fourth-order valence-corrected chi connectivity index (χ4v) is 1.66. The highest BCUT2D eigenvalue weighted by Gasteiger charge is 2.03. The monoisotopic (exact) mass is 215 g/mol. The van der Waals surface area contributed by atoms with Gasteiger partial charge < -0.3 is 4.98 Å². The van der Waals surface area contributed by atoms with E-state index in [0.717, 1.165) is 29.3 Å². The highest BCUT2D eigenvalue weighted by Crippen LogP contribution is 2.15. The van der Waals surface area contributed by atoms with Crippen LogP contribution in [0.3, 0.4) is 0 Å². The van der Waals surface area contributed by atoms with Crippen LogP contribution in [0.5, 0.6) is 0 Å². The first-order valence-electron chi connectivity index (χ1n) is 5.77. The van der Waals surface area contributed by atoms with Crippen LogP contribution in [0.1, 0.15) is 31.3 Å². The van der Waals surface area contributed by atoms with E-state index in [9.17, 15) is 0 Å². The SMILES string of the molecule is CCCCc1ncc(-c2cccc(C)n2)[nH]1. The lowest BCUT2D eigenvalue weighted by Gasteiger charge is -1.98. The van der Waals surface area contributed by atoms with E-state index >= 15 is 0 Å². The second-order valence-corrected chi connectivity index (χ2v) is 4.01. The summed E-state index contributed by atoms with van der Waals surface area (Å²) in [4.78, 5) is 12.1. The molecule has 0 bridgehead atoms. The molecule has 0 atom stereocenters. The number of nitrogens with zero attached hydrogens (tertiary/aromatic N) is 2. The minimum absolute atomic E-state index is 0.968. The zero-order chi connectivity index (χ0) is 11.4. The molecule has 0 aliphatic carbocycles. The van der Waals surface area contributed by atoms with Crippen LogP contribution in [-0.2, 0) is 6.42 Å². The van der Waals surface area contributed by atoms with Gasteiger partial charge in [-0.05, 0) is 25.5 Å². The van der Waals surface area contributed by atoms with Crippen molar-refractivity contribution in [1.29, 1.82) is 0 Å². The third-order valence-electron chi connectivity index (χ3n) is 2.56. The molecule has 0 aromatic carbocycles. The van der Waals surface area contributed by atoms with E-state index in [0.29, 0.717) is 0 Å². The van der Waals surface area contributed by atoms with Gasteiger partial charge in [-0.1, -0.05) is 19.4 Å². The van der Waals surface area contributed by atoms with E-state index < -0.39 is 0 Å². The van der Waals surface area contributed by atoms with Gasteiger partial charge in [0.2, 0.25) is 0 Å². The van der Waals surface area contributed by atoms with E-state index in [-0.39, 0.29) is 0 Å². The average molecular weight is 215 g/mol. The Kier molecular flexibility index (Phi) is 3.34. The number of rotatable bonds is 4. The molecule has 1 N–H and O–H groups in total. The van der Waals surface area contributed by atoms with Crippen molar-refractivity contribution in [3.8, 4) is 11.4 Å². The molecule has 0 saturated heterocycles. The van der Waals surface area contributed by atoms with E-state index in [4.69, 9.17) is 0 Å². The molecule has 0 amide bonds. The topological polar surface area (TPSA) is 41.6 Å². The summed E-state index contributed by atoms with van der Waals surface area (Å²) in [7, 11) is 0. The Bertz CT molecular complexity index is 460. The molecule has 3 nitrogen and oxygen atoms in total. The Hall–Kier alpha value is -1.64. The summed E-state index contributed by atoms with van der Waals surface area (Å²) >= 11 is 0. The standard InChI is InChI=1S/C13H17N3/c1-3-4-8-13-14-9-12(16-13)11-7-5-6-10(2)15-11/h5-7,9H,3-4,8H2,1-2H3,(H,14,16). The van der Waals surface area contributed by atoms with E-state index in [1.807, 2.05) is 31.3 Å². The normalized spacial score (nSPS) is 10.6. The average Bonchev–Trinajstić information content (AvgIpc) is 2.75. The predicted octanol–water partition coefficient (Wildman–Crippen LogP) is 3.12. The van der Waals surface area contributed by atoms with Crippen molar-refractivity contribution in [3.63, 3.8) is 0 Å². The van der Waals surface area contributed by atoms with Gasteiger partial charge in [0.15, 0.2) is 0 Å². The molecular weight excluding hydrogens is 198 g/mol. The number of hydrogen-bond donors (Lipinski definition) is 1. The zero-order valence-corrected chi connectivity index (χ0v) is 9.83. The fraction of sp³-hybridized carbons (Fsp3) is 0.385. The lowest BCUT2D eigenvalue weighted by molar-refractivity contribution is 0.763. The molecule has 0 spiro atoms. The Morgan fingerprint density at radius 3 is 2.94 bits per heavy atom. The maximum absolute atomic E-state index is 4.47. The van der Waals surface area contributed by atoms with Gasteiger partial charge >= 0.3 is 0 Å². The summed E-state index contributed by atoms with van der Waals surface area (Å²) < 4.78 is 0. The number of aromatic amines is 1. The molecule has 16 heavy (non-hydrogen) atoms. The molecule has 2 aromatic rings. The van der Waals surface area contributed by atoms with E-state index in [1.54, 1.807) is 0 Å². The molecule has 0 fully saturated rings. The smallest absolute Gasteiger partial charge is 0.106 e. The van der Waals surface area contributed by atoms with Crippen molar-refractivity contribution in [1.82, 2.24) is 15.0 Å². The van der Waals surface area contributed by atoms with Gasteiger partial charge in [-0.2, -0.15) is 0 Å². The van der Waals surface area contributed by atoms with Crippen LogP contribution < -0.4 is 0 Å². The number of pyridine rings is 1. The maximum atomic E-state index is 4.47. The number of nitrogens with one attached hydrogen (secondary N) is 1. The van der Waals surface area contributed by atoms with Crippen molar-refractivity contribution in [2.75, 3.05) is 0 Å². The van der Waals surface area contributed by atoms with E-state index in [1.165, 1.54) is 12.8 Å². The highest BCUT2D eigenvalue weighted by atomic mass is 14.9. The van der Waals surface area contributed by atoms with Crippen molar-refractivity contribution in [2.45, 2.75) is 33.1 Å². The molecule has 0 aliphatic rings. The van der Waals surface area contributed by atoms with Crippen LogP contribution in [0, 0.1) is 6.92 Å². The van der Waals surface area contributed by atoms with Crippen LogP contribution >= 0.6 is 0 Å². The number of aromatic nitrogens is 3. The summed E-state index contributed by atoms with van der Waals surface area (Å²) in [6.45, 7) is 4.18. The Morgan fingerprint density at radius 2 is 2.19 bits per heavy atom. The van der Waals surface area contributed by atoms with E-state index in [2.05, 4.69) is 21.9 Å². The van der Waals surface area contributed by atoms with Crippen molar-refractivity contribution in [2.24, 2.45) is 0 Å². The van der Waals surface area contributed by atoms with Gasteiger partial charge in [-0.3, -0.25) is 4.98 Å². The first-order chi connectivity index (χ1) is 7.79. The van der Waals surface area contributed by atoms with Gasteiger partial charge in [-0.15, -0.1) is 0 Å².